The highest BCUT2D eigenvalue weighted by Gasteiger charge is 2.29. The summed E-state index contributed by atoms with van der Waals surface area (Å²) in [6, 6.07) is 9.45. The molecule has 1 aliphatic rings. The average molecular weight is 347 g/mol. The van der Waals surface area contributed by atoms with Crippen LogP contribution < -0.4 is 0 Å². The van der Waals surface area contributed by atoms with E-state index in [1.165, 1.54) is 23.7 Å². The molecule has 1 aromatic carbocycles. The molecule has 0 saturated carbocycles. The number of amides is 1. The van der Waals surface area contributed by atoms with Crippen LogP contribution in [0.25, 0.3) is 11.4 Å². The Hall–Kier alpha value is -2.42. The van der Waals surface area contributed by atoms with Crippen molar-refractivity contribution in [2.45, 2.75) is 11.8 Å². The third kappa shape index (κ3) is 3.73. The molecule has 126 valence electrons. The molecule has 2 heterocycles. The molecule has 1 amide bonds. The van der Waals surface area contributed by atoms with Gasteiger partial charge in [-0.3, -0.25) is 9.59 Å². The van der Waals surface area contributed by atoms with Crippen molar-refractivity contribution in [3.05, 3.63) is 30.3 Å². The standard InChI is InChI=1S/C15H17N5O3S/c1-23-15(22)12-9-19(7-8-24-12)13(21)10-20-17-14(16-18-20)11-5-3-2-4-6-11/h2-6,12H,7-10H2,1H3/t12-/m0/s1. The number of carbonyl (C=O) groups excluding carboxylic acids is 2. The first-order valence-corrected chi connectivity index (χ1v) is 8.52. The Kier molecular flexibility index (Phi) is 5.09. The van der Waals surface area contributed by atoms with Crippen LogP contribution in [0.1, 0.15) is 0 Å². The molecule has 0 spiro atoms. The van der Waals surface area contributed by atoms with Gasteiger partial charge in [-0.05, 0) is 5.21 Å². The van der Waals surface area contributed by atoms with Crippen molar-refractivity contribution in [3.63, 3.8) is 0 Å². The van der Waals surface area contributed by atoms with Crippen LogP contribution >= 0.6 is 11.8 Å². The lowest BCUT2D eigenvalue weighted by molar-refractivity contribution is -0.141. The summed E-state index contributed by atoms with van der Waals surface area (Å²) in [5, 5.41) is 11.8. The number of ether oxygens (including phenoxy) is 1. The van der Waals surface area contributed by atoms with Gasteiger partial charge in [-0.15, -0.1) is 22.0 Å². The lowest BCUT2D eigenvalue weighted by Gasteiger charge is -2.30. The Labute approximate surface area is 143 Å². The van der Waals surface area contributed by atoms with Gasteiger partial charge in [-0.1, -0.05) is 30.3 Å². The third-order valence-corrected chi connectivity index (χ3v) is 4.81. The minimum atomic E-state index is -0.337. The van der Waals surface area contributed by atoms with E-state index in [9.17, 15) is 9.59 Å². The van der Waals surface area contributed by atoms with Crippen LogP contribution in [-0.4, -0.2) is 68.2 Å². The summed E-state index contributed by atoms with van der Waals surface area (Å²) in [6.45, 7) is 0.937. The zero-order valence-electron chi connectivity index (χ0n) is 13.2. The van der Waals surface area contributed by atoms with E-state index in [-0.39, 0.29) is 23.7 Å². The second-order valence-corrected chi connectivity index (χ2v) is 6.54. The van der Waals surface area contributed by atoms with Crippen LogP contribution in [0.4, 0.5) is 0 Å². The first kappa shape index (κ1) is 16.4. The molecular formula is C15H17N5O3S. The summed E-state index contributed by atoms with van der Waals surface area (Å²) in [4.78, 5) is 27.0. The van der Waals surface area contributed by atoms with E-state index in [1.807, 2.05) is 30.3 Å². The van der Waals surface area contributed by atoms with E-state index < -0.39 is 0 Å². The zero-order valence-corrected chi connectivity index (χ0v) is 14.0. The molecule has 1 aromatic heterocycles. The average Bonchev–Trinajstić information content (AvgIpc) is 3.10. The summed E-state index contributed by atoms with van der Waals surface area (Å²) >= 11 is 1.51. The van der Waals surface area contributed by atoms with Gasteiger partial charge in [0.1, 0.15) is 11.8 Å². The lowest BCUT2D eigenvalue weighted by atomic mass is 10.2. The van der Waals surface area contributed by atoms with Gasteiger partial charge in [0, 0.05) is 24.4 Å². The SMILES string of the molecule is COC(=O)[C@@H]1CN(C(=O)Cn2nnc(-c3ccccc3)n2)CCS1. The second-order valence-electron chi connectivity index (χ2n) is 5.23. The van der Waals surface area contributed by atoms with Gasteiger partial charge in [-0.2, -0.15) is 4.80 Å². The Balaban J connectivity index is 1.63. The second kappa shape index (κ2) is 7.43. The van der Waals surface area contributed by atoms with Gasteiger partial charge in [0.15, 0.2) is 0 Å². The predicted molar refractivity (Wildman–Crippen MR) is 88.1 cm³/mol. The van der Waals surface area contributed by atoms with Crippen molar-refractivity contribution >= 4 is 23.6 Å². The fourth-order valence-electron chi connectivity index (χ4n) is 2.38. The number of thioether (sulfide) groups is 1. The number of hydrogen-bond acceptors (Lipinski definition) is 7. The fourth-order valence-corrected chi connectivity index (χ4v) is 3.51. The molecule has 1 saturated heterocycles. The largest absolute Gasteiger partial charge is 0.468 e. The van der Waals surface area contributed by atoms with Gasteiger partial charge in [0.2, 0.25) is 11.7 Å². The number of tetrazole rings is 1. The number of esters is 1. The highest BCUT2D eigenvalue weighted by atomic mass is 32.2. The molecular weight excluding hydrogens is 330 g/mol. The normalized spacial score (nSPS) is 17.5. The van der Waals surface area contributed by atoms with Crippen molar-refractivity contribution < 1.29 is 14.3 Å². The quantitative estimate of drug-likeness (QED) is 0.742. The molecule has 0 aliphatic carbocycles. The van der Waals surface area contributed by atoms with E-state index >= 15 is 0 Å². The van der Waals surface area contributed by atoms with E-state index in [1.54, 1.807) is 4.90 Å². The smallest absolute Gasteiger partial charge is 0.320 e. The van der Waals surface area contributed by atoms with Crippen LogP contribution in [-0.2, 0) is 20.9 Å². The number of nitrogens with zero attached hydrogens (tertiary/aromatic N) is 5. The molecule has 1 atom stereocenters. The maximum Gasteiger partial charge on any atom is 0.320 e. The summed E-state index contributed by atoms with van der Waals surface area (Å²) < 4.78 is 4.75. The summed E-state index contributed by atoms with van der Waals surface area (Å²) in [5.41, 5.74) is 0.844. The molecule has 1 aliphatic heterocycles. The van der Waals surface area contributed by atoms with Crippen molar-refractivity contribution in [3.8, 4) is 11.4 Å². The fraction of sp³-hybridized carbons (Fsp3) is 0.400. The predicted octanol–water partition coefficient (Wildman–Crippen LogP) is 0.457. The molecule has 0 bridgehead atoms. The third-order valence-electron chi connectivity index (χ3n) is 3.64. The molecule has 0 unspecified atom stereocenters. The lowest BCUT2D eigenvalue weighted by Crippen LogP contribution is -2.46. The Bertz CT molecular complexity index is 721. The van der Waals surface area contributed by atoms with E-state index in [0.29, 0.717) is 24.7 Å². The van der Waals surface area contributed by atoms with Crippen LogP contribution in [0.2, 0.25) is 0 Å². The van der Waals surface area contributed by atoms with Gasteiger partial charge in [0.05, 0.1) is 7.11 Å². The summed E-state index contributed by atoms with van der Waals surface area (Å²) in [5.74, 6) is 0.736. The topological polar surface area (TPSA) is 90.2 Å². The molecule has 8 nitrogen and oxygen atoms in total. The van der Waals surface area contributed by atoms with Crippen molar-refractivity contribution in [1.82, 2.24) is 25.1 Å². The van der Waals surface area contributed by atoms with Gasteiger partial charge in [-0.25, -0.2) is 0 Å². The van der Waals surface area contributed by atoms with Gasteiger partial charge >= 0.3 is 5.97 Å². The summed E-state index contributed by atoms with van der Waals surface area (Å²) in [6.07, 6.45) is 0. The maximum atomic E-state index is 12.4. The van der Waals surface area contributed by atoms with Crippen molar-refractivity contribution in [2.75, 3.05) is 26.0 Å². The molecule has 24 heavy (non-hydrogen) atoms. The molecule has 2 aromatic rings. The number of hydrogen-bond donors (Lipinski definition) is 0. The Morgan fingerprint density at radius 2 is 2.12 bits per heavy atom. The molecule has 9 heteroatoms. The number of benzene rings is 1. The van der Waals surface area contributed by atoms with Gasteiger partial charge in [0.25, 0.3) is 0 Å². The maximum absolute atomic E-state index is 12.4. The monoisotopic (exact) mass is 347 g/mol. The van der Waals surface area contributed by atoms with E-state index in [2.05, 4.69) is 15.4 Å². The van der Waals surface area contributed by atoms with Crippen LogP contribution in [0.5, 0.6) is 0 Å². The molecule has 3 rings (SSSR count). The van der Waals surface area contributed by atoms with E-state index in [4.69, 9.17) is 4.74 Å². The van der Waals surface area contributed by atoms with Crippen LogP contribution in [0.3, 0.4) is 0 Å². The van der Waals surface area contributed by atoms with Crippen molar-refractivity contribution in [1.29, 1.82) is 0 Å². The number of aromatic nitrogens is 4. The summed E-state index contributed by atoms with van der Waals surface area (Å²) in [7, 11) is 1.36. The minimum absolute atomic E-state index is 0.00159. The highest BCUT2D eigenvalue weighted by molar-refractivity contribution is 8.00. The number of methoxy groups -OCH3 is 1. The molecule has 0 radical (unpaired) electrons. The molecule has 0 N–H and O–H groups in total. The van der Waals surface area contributed by atoms with E-state index in [0.717, 1.165) is 5.56 Å². The zero-order chi connectivity index (χ0) is 16.9. The van der Waals surface area contributed by atoms with Crippen LogP contribution in [0, 0.1) is 0 Å². The van der Waals surface area contributed by atoms with Gasteiger partial charge < -0.3 is 9.64 Å². The first-order chi connectivity index (χ1) is 11.7. The number of rotatable bonds is 4. The first-order valence-electron chi connectivity index (χ1n) is 7.48. The van der Waals surface area contributed by atoms with Crippen molar-refractivity contribution in [2.24, 2.45) is 0 Å². The highest BCUT2D eigenvalue weighted by Crippen LogP contribution is 2.20. The molecule has 1 fully saturated rings. The Morgan fingerprint density at radius 1 is 1.33 bits per heavy atom. The number of carbonyl (C=O) groups is 2. The van der Waals surface area contributed by atoms with Crippen LogP contribution in [0.15, 0.2) is 30.3 Å². The Morgan fingerprint density at radius 3 is 2.88 bits per heavy atom. The minimum Gasteiger partial charge on any atom is -0.468 e.